The van der Waals surface area contributed by atoms with Crippen molar-refractivity contribution in [1.29, 1.82) is 0 Å². The van der Waals surface area contributed by atoms with Gasteiger partial charge in [0.25, 0.3) is 0 Å². The van der Waals surface area contributed by atoms with Gasteiger partial charge in [-0.15, -0.1) is 0 Å². The summed E-state index contributed by atoms with van der Waals surface area (Å²) < 4.78 is 28.1. The van der Waals surface area contributed by atoms with Gasteiger partial charge in [0.2, 0.25) is 0 Å². The molecule has 5 heteroatoms. The summed E-state index contributed by atoms with van der Waals surface area (Å²) in [5, 5.41) is 0. The Balaban J connectivity index is 2.21. The van der Waals surface area contributed by atoms with Gasteiger partial charge >= 0.3 is 0 Å². The number of nitrogen functional groups attached to an aromatic ring is 1. The average Bonchev–Trinajstić information content (AvgIpc) is 2.48. The highest BCUT2D eigenvalue weighted by atomic mass is 79.9. The molecule has 0 radical (unpaired) electrons. The van der Waals surface area contributed by atoms with Crippen LogP contribution in [0, 0.1) is 11.6 Å². The molecule has 2 rings (SSSR count). The number of anilines is 1. The molecule has 2 N–H and O–H groups in total. The Kier molecular flexibility index (Phi) is 5.31. The third-order valence-corrected chi connectivity index (χ3v) is 4.03. The van der Waals surface area contributed by atoms with Crippen LogP contribution in [0.2, 0.25) is 0 Å². The molecule has 0 atom stereocenters. The van der Waals surface area contributed by atoms with E-state index in [9.17, 15) is 8.78 Å². The Morgan fingerprint density at radius 2 is 1.81 bits per heavy atom. The van der Waals surface area contributed by atoms with E-state index in [2.05, 4.69) is 15.9 Å². The normalized spacial score (nSPS) is 11.1. The zero-order chi connectivity index (χ0) is 15.4. The molecule has 0 spiro atoms. The molecule has 0 saturated heterocycles. The number of benzene rings is 2. The topological polar surface area (TPSA) is 29.3 Å². The monoisotopic (exact) mass is 354 g/mol. The van der Waals surface area contributed by atoms with Crippen molar-refractivity contribution in [2.24, 2.45) is 0 Å². The molecule has 0 amide bonds. The zero-order valence-corrected chi connectivity index (χ0v) is 13.3. The highest BCUT2D eigenvalue weighted by molar-refractivity contribution is 9.10. The summed E-state index contributed by atoms with van der Waals surface area (Å²) in [4.78, 5) is 1.94. The fourth-order valence-electron chi connectivity index (χ4n) is 2.14. The van der Waals surface area contributed by atoms with Gasteiger partial charge in [-0.25, -0.2) is 8.78 Å². The van der Waals surface area contributed by atoms with E-state index in [0.717, 1.165) is 5.56 Å². The number of rotatable bonds is 5. The van der Waals surface area contributed by atoms with Crippen LogP contribution in [0.25, 0.3) is 0 Å². The third-order valence-electron chi connectivity index (χ3n) is 3.42. The Labute approximate surface area is 131 Å². The second-order valence-corrected chi connectivity index (χ2v) is 5.68. The number of hydrogen-bond acceptors (Lipinski definition) is 2. The summed E-state index contributed by atoms with van der Waals surface area (Å²) in [6.07, 6.45) is 0. The van der Waals surface area contributed by atoms with Crippen molar-refractivity contribution in [2.75, 3.05) is 12.3 Å². The second-order valence-electron chi connectivity index (χ2n) is 4.82. The Hall–Kier alpha value is -1.46. The maximum absolute atomic E-state index is 14.0. The van der Waals surface area contributed by atoms with E-state index in [1.807, 2.05) is 36.1 Å². The zero-order valence-electron chi connectivity index (χ0n) is 11.7. The highest BCUT2D eigenvalue weighted by Gasteiger charge is 2.16. The van der Waals surface area contributed by atoms with Crippen LogP contribution < -0.4 is 5.73 Å². The van der Waals surface area contributed by atoms with Crippen molar-refractivity contribution >= 4 is 21.6 Å². The number of halogens is 3. The highest BCUT2D eigenvalue weighted by Crippen LogP contribution is 2.24. The van der Waals surface area contributed by atoms with Gasteiger partial charge in [0.15, 0.2) is 0 Å². The molecular weight excluding hydrogens is 338 g/mol. The molecule has 0 aromatic heterocycles. The van der Waals surface area contributed by atoms with E-state index in [-0.39, 0.29) is 16.6 Å². The number of hydrogen-bond donors (Lipinski definition) is 1. The first kappa shape index (κ1) is 15.9. The van der Waals surface area contributed by atoms with Crippen LogP contribution in [-0.4, -0.2) is 11.4 Å². The van der Waals surface area contributed by atoms with Crippen LogP contribution in [0.5, 0.6) is 0 Å². The first-order valence-electron chi connectivity index (χ1n) is 6.71. The van der Waals surface area contributed by atoms with E-state index in [1.54, 1.807) is 0 Å². The predicted molar refractivity (Wildman–Crippen MR) is 84.7 cm³/mol. The molecular formula is C16H17BrF2N2. The van der Waals surface area contributed by atoms with Crippen molar-refractivity contribution < 1.29 is 8.78 Å². The molecule has 2 aromatic carbocycles. The molecule has 0 unspecified atom stereocenters. The average molecular weight is 355 g/mol. The van der Waals surface area contributed by atoms with Gasteiger partial charge in [0, 0.05) is 24.3 Å². The summed E-state index contributed by atoms with van der Waals surface area (Å²) in [6.45, 7) is 3.36. The van der Waals surface area contributed by atoms with Crippen molar-refractivity contribution in [3.8, 4) is 0 Å². The van der Waals surface area contributed by atoms with Gasteiger partial charge < -0.3 is 5.73 Å². The maximum atomic E-state index is 14.0. The minimum Gasteiger partial charge on any atom is -0.398 e. The van der Waals surface area contributed by atoms with Crippen molar-refractivity contribution in [2.45, 2.75) is 20.0 Å². The smallest absolute Gasteiger partial charge is 0.144 e. The van der Waals surface area contributed by atoms with Crippen LogP contribution in [0.4, 0.5) is 14.5 Å². The fourth-order valence-corrected chi connectivity index (χ4v) is 2.51. The molecule has 0 saturated carbocycles. The van der Waals surface area contributed by atoms with E-state index in [1.165, 1.54) is 12.1 Å². The van der Waals surface area contributed by atoms with Crippen molar-refractivity contribution in [1.82, 2.24) is 4.90 Å². The Morgan fingerprint density at radius 3 is 2.48 bits per heavy atom. The number of para-hydroxylation sites is 1. The van der Waals surface area contributed by atoms with E-state index in [4.69, 9.17) is 5.73 Å². The maximum Gasteiger partial charge on any atom is 0.144 e. The third kappa shape index (κ3) is 3.80. The van der Waals surface area contributed by atoms with Crippen LogP contribution in [0.15, 0.2) is 40.9 Å². The fraction of sp³-hybridized carbons (Fsp3) is 0.250. The van der Waals surface area contributed by atoms with Gasteiger partial charge in [-0.3, -0.25) is 4.90 Å². The quantitative estimate of drug-likeness (QED) is 0.639. The van der Waals surface area contributed by atoms with Gasteiger partial charge in [-0.05, 0) is 46.2 Å². The van der Waals surface area contributed by atoms with Crippen LogP contribution in [-0.2, 0) is 13.1 Å². The van der Waals surface area contributed by atoms with Crippen LogP contribution in [0.3, 0.4) is 0 Å². The van der Waals surface area contributed by atoms with Crippen LogP contribution >= 0.6 is 15.9 Å². The minimum atomic E-state index is -0.547. The van der Waals surface area contributed by atoms with Gasteiger partial charge in [0.1, 0.15) is 11.6 Å². The minimum absolute atomic E-state index is 0.0701. The van der Waals surface area contributed by atoms with Gasteiger partial charge in [-0.2, -0.15) is 0 Å². The van der Waals surface area contributed by atoms with E-state index < -0.39 is 11.6 Å². The lowest BCUT2D eigenvalue weighted by atomic mass is 10.1. The van der Waals surface area contributed by atoms with Gasteiger partial charge in [0.05, 0.1) is 4.47 Å². The summed E-state index contributed by atoms with van der Waals surface area (Å²) in [6, 6.07) is 10.2. The summed E-state index contributed by atoms with van der Waals surface area (Å²) in [5.41, 5.74) is 7.63. The van der Waals surface area contributed by atoms with Crippen molar-refractivity contribution in [3.05, 3.63) is 63.6 Å². The Morgan fingerprint density at radius 1 is 1.10 bits per heavy atom. The number of nitrogens with zero attached hydrogens (tertiary/aromatic N) is 1. The van der Waals surface area contributed by atoms with Crippen molar-refractivity contribution in [3.63, 3.8) is 0 Å². The first-order chi connectivity index (χ1) is 10.0. The lowest BCUT2D eigenvalue weighted by molar-refractivity contribution is 0.263. The SMILES string of the molecule is CCN(Cc1ccccc1N)Cc1c(F)ccc(Br)c1F. The lowest BCUT2D eigenvalue weighted by Crippen LogP contribution is -2.24. The molecule has 21 heavy (non-hydrogen) atoms. The summed E-state index contributed by atoms with van der Waals surface area (Å²) >= 11 is 3.09. The van der Waals surface area contributed by atoms with E-state index >= 15 is 0 Å². The molecule has 0 aliphatic heterocycles. The molecule has 0 heterocycles. The molecule has 2 aromatic rings. The molecule has 0 aliphatic rings. The summed E-state index contributed by atoms with van der Waals surface area (Å²) in [7, 11) is 0. The molecule has 2 nitrogen and oxygen atoms in total. The molecule has 0 fully saturated rings. The first-order valence-corrected chi connectivity index (χ1v) is 7.50. The molecule has 0 aliphatic carbocycles. The molecule has 112 valence electrons. The van der Waals surface area contributed by atoms with Gasteiger partial charge in [-0.1, -0.05) is 25.1 Å². The largest absolute Gasteiger partial charge is 0.398 e. The summed E-state index contributed by atoms with van der Waals surface area (Å²) in [5.74, 6) is -1.08. The standard InChI is InChI=1S/C16H17BrF2N2/c1-2-21(9-11-5-3-4-6-15(11)20)10-12-14(18)8-7-13(17)16(12)19/h3-8H,2,9-10,20H2,1H3. The number of nitrogens with two attached hydrogens (primary N) is 1. The molecule has 0 bridgehead atoms. The Bertz CT molecular complexity index is 632. The predicted octanol–water partition coefficient (Wildman–Crippen LogP) is 4.33. The second kappa shape index (κ2) is 7.00. The van der Waals surface area contributed by atoms with Crippen LogP contribution in [0.1, 0.15) is 18.1 Å². The lowest BCUT2D eigenvalue weighted by Gasteiger charge is -2.22. The van der Waals surface area contributed by atoms with E-state index in [0.29, 0.717) is 18.8 Å².